The van der Waals surface area contributed by atoms with E-state index in [1.165, 1.54) is 0 Å². The largest absolute Gasteiger partial charge is 0.481 e. The van der Waals surface area contributed by atoms with Crippen molar-refractivity contribution in [1.82, 2.24) is 10.6 Å². The van der Waals surface area contributed by atoms with Gasteiger partial charge in [-0.05, 0) is 12.8 Å². The Balaban J connectivity index is 2.34. The SMILES string of the molecule is CCS(=O)CCNC(=O)NCC1(C(=O)O)CCOCC1. The molecule has 0 bridgehead atoms. The van der Waals surface area contributed by atoms with Crippen LogP contribution >= 0.6 is 0 Å². The molecule has 0 aromatic heterocycles. The third-order valence-corrected chi connectivity index (χ3v) is 4.73. The molecule has 0 spiro atoms. The number of carbonyl (C=O) groups is 2. The van der Waals surface area contributed by atoms with Crippen LogP contribution in [0.1, 0.15) is 19.8 Å². The third-order valence-electron chi connectivity index (χ3n) is 3.43. The van der Waals surface area contributed by atoms with Crippen LogP contribution in [0.15, 0.2) is 0 Å². The second-order valence-corrected chi connectivity index (χ2v) is 6.61. The molecule has 20 heavy (non-hydrogen) atoms. The molecule has 0 aliphatic carbocycles. The fourth-order valence-electron chi connectivity index (χ4n) is 1.96. The van der Waals surface area contributed by atoms with Gasteiger partial charge in [0.05, 0.1) is 5.41 Å². The highest BCUT2D eigenvalue weighted by atomic mass is 32.2. The van der Waals surface area contributed by atoms with Crippen molar-refractivity contribution in [2.75, 3.05) is 37.8 Å². The van der Waals surface area contributed by atoms with Gasteiger partial charge in [-0.15, -0.1) is 0 Å². The number of hydrogen-bond acceptors (Lipinski definition) is 4. The minimum atomic E-state index is -0.943. The van der Waals surface area contributed by atoms with Crippen LogP contribution in [0.3, 0.4) is 0 Å². The summed E-state index contributed by atoms with van der Waals surface area (Å²) in [5, 5.41) is 14.5. The molecular weight excluding hydrogens is 284 g/mol. The number of ether oxygens (including phenoxy) is 1. The summed E-state index contributed by atoms with van der Waals surface area (Å²) in [6, 6.07) is -0.426. The van der Waals surface area contributed by atoms with Crippen LogP contribution < -0.4 is 10.6 Å². The van der Waals surface area contributed by atoms with Gasteiger partial charge in [-0.3, -0.25) is 9.00 Å². The molecule has 1 fully saturated rings. The second kappa shape index (κ2) is 8.21. The first kappa shape index (κ1) is 16.9. The van der Waals surface area contributed by atoms with Gasteiger partial charge in [0, 0.05) is 48.6 Å². The molecule has 7 nitrogen and oxygen atoms in total. The van der Waals surface area contributed by atoms with Crippen molar-refractivity contribution in [3.8, 4) is 0 Å². The van der Waals surface area contributed by atoms with Crippen LogP contribution in [-0.2, 0) is 20.3 Å². The fraction of sp³-hybridized carbons (Fsp3) is 0.833. The Morgan fingerprint density at radius 1 is 1.30 bits per heavy atom. The van der Waals surface area contributed by atoms with Crippen molar-refractivity contribution in [2.24, 2.45) is 5.41 Å². The van der Waals surface area contributed by atoms with Gasteiger partial charge in [-0.25, -0.2) is 4.79 Å². The molecule has 1 saturated heterocycles. The topological polar surface area (TPSA) is 105 Å². The molecule has 0 aromatic carbocycles. The number of carboxylic acid groups (broad SMARTS) is 1. The molecule has 2 amide bonds. The van der Waals surface area contributed by atoms with Gasteiger partial charge < -0.3 is 20.5 Å². The molecular formula is C12H22N2O5S. The number of nitrogens with one attached hydrogen (secondary N) is 2. The Labute approximate surface area is 120 Å². The van der Waals surface area contributed by atoms with Gasteiger partial charge >= 0.3 is 12.0 Å². The molecule has 1 aliphatic heterocycles. The molecule has 1 atom stereocenters. The predicted octanol–water partition coefficient (Wildman–Crippen LogP) is -0.0644. The maximum absolute atomic E-state index is 11.6. The summed E-state index contributed by atoms with van der Waals surface area (Å²) in [6.45, 7) is 3.00. The maximum atomic E-state index is 11.6. The van der Waals surface area contributed by atoms with Crippen LogP contribution in [0.2, 0.25) is 0 Å². The average Bonchev–Trinajstić information content (AvgIpc) is 2.45. The van der Waals surface area contributed by atoms with E-state index in [0.29, 0.717) is 44.1 Å². The highest BCUT2D eigenvalue weighted by molar-refractivity contribution is 7.84. The summed E-state index contributed by atoms with van der Waals surface area (Å²) in [7, 11) is -0.920. The molecule has 1 unspecified atom stereocenters. The molecule has 0 saturated carbocycles. The number of rotatable bonds is 7. The number of hydrogen-bond donors (Lipinski definition) is 3. The second-order valence-electron chi connectivity index (χ2n) is 4.74. The lowest BCUT2D eigenvalue weighted by atomic mass is 9.80. The number of carboxylic acids is 1. The lowest BCUT2D eigenvalue weighted by Crippen LogP contribution is -2.49. The highest BCUT2D eigenvalue weighted by Gasteiger charge is 2.40. The normalized spacial score (nSPS) is 19.1. The van der Waals surface area contributed by atoms with Crippen LogP contribution in [0.5, 0.6) is 0 Å². The monoisotopic (exact) mass is 306 g/mol. The van der Waals surface area contributed by atoms with E-state index in [9.17, 15) is 18.9 Å². The number of aliphatic carboxylic acids is 1. The summed E-state index contributed by atoms with van der Waals surface area (Å²) in [4.78, 5) is 22.9. The number of amides is 2. The van der Waals surface area contributed by atoms with Crippen molar-refractivity contribution < 1.29 is 23.6 Å². The molecule has 1 heterocycles. The van der Waals surface area contributed by atoms with Gasteiger partial charge in [0.15, 0.2) is 0 Å². The predicted molar refractivity (Wildman–Crippen MR) is 75.1 cm³/mol. The minimum absolute atomic E-state index is 0.0778. The zero-order valence-electron chi connectivity index (χ0n) is 11.6. The Morgan fingerprint density at radius 2 is 1.95 bits per heavy atom. The summed E-state index contributed by atoms with van der Waals surface area (Å²) in [6.07, 6.45) is 0.783. The Bertz CT molecular complexity index is 369. The first-order chi connectivity index (χ1) is 9.50. The van der Waals surface area contributed by atoms with E-state index in [-0.39, 0.29) is 6.54 Å². The summed E-state index contributed by atoms with van der Waals surface area (Å²) in [5.74, 6) is 0.0564. The maximum Gasteiger partial charge on any atom is 0.314 e. The van der Waals surface area contributed by atoms with Crippen LogP contribution in [0.25, 0.3) is 0 Å². The quantitative estimate of drug-likeness (QED) is 0.611. The highest BCUT2D eigenvalue weighted by Crippen LogP contribution is 2.29. The third kappa shape index (κ3) is 5.09. The summed E-state index contributed by atoms with van der Waals surface area (Å²) in [5.41, 5.74) is -0.943. The smallest absolute Gasteiger partial charge is 0.314 e. The number of urea groups is 1. The van der Waals surface area contributed by atoms with E-state index >= 15 is 0 Å². The zero-order valence-corrected chi connectivity index (χ0v) is 12.5. The van der Waals surface area contributed by atoms with Gasteiger partial charge in [-0.2, -0.15) is 0 Å². The van der Waals surface area contributed by atoms with Crippen molar-refractivity contribution >= 4 is 22.8 Å². The van der Waals surface area contributed by atoms with Crippen LogP contribution in [0.4, 0.5) is 4.79 Å². The van der Waals surface area contributed by atoms with Crippen molar-refractivity contribution in [2.45, 2.75) is 19.8 Å². The minimum Gasteiger partial charge on any atom is -0.481 e. The fourth-order valence-corrected chi connectivity index (χ4v) is 2.58. The Morgan fingerprint density at radius 3 is 2.50 bits per heavy atom. The molecule has 8 heteroatoms. The van der Waals surface area contributed by atoms with E-state index in [1.54, 1.807) is 0 Å². The van der Waals surface area contributed by atoms with Gasteiger partial charge in [-0.1, -0.05) is 6.92 Å². The molecule has 1 rings (SSSR count). The Hall–Kier alpha value is -1.15. The van der Waals surface area contributed by atoms with Gasteiger partial charge in [0.25, 0.3) is 0 Å². The Kier molecular flexibility index (Phi) is 6.94. The lowest BCUT2D eigenvalue weighted by Gasteiger charge is -2.33. The van der Waals surface area contributed by atoms with Crippen molar-refractivity contribution in [1.29, 1.82) is 0 Å². The molecule has 0 radical (unpaired) electrons. The zero-order chi connectivity index (χ0) is 15.0. The molecule has 3 N–H and O–H groups in total. The average molecular weight is 306 g/mol. The summed E-state index contributed by atoms with van der Waals surface area (Å²) >= 11 is 0. The molecule has 1 aliphatic rings. The summed E-state index contributed by atoms with van der Waals surface area (Å²) < 4.78 is 16.3. The standard InChI is InChI=1S/C12H22N2O5S/c1-2-20(18)8-5-13-11(17)14-9-12(10(15)16)3-6-19-7-4-12/h2-9H2,1H3,(H,15,16)(H2,13,14,17). The lowest BCUT2D eigenvalue weighted by molar-refractivity contribution is -0.154. The molecule has 116 valence electrons. The van der Waals surface area contributed by atoms with E-state index in [0.717, 1.165) is 0 Å². The van der Waals surface area contributed by atoms with E-state index < -0.39 is 28.2 Å². The first-order valence-electron chi connectivity index (χ1n) is 6.68. The molecule has 0 aromatic rings. The van der Waals surface area contributed by atoms with E-state index in [2.05, 4.69) is 10.6 Å². The van der Waals surface area contributed by atoms with Gasteiger partial charge in [0.1, 0.15) is 0 Å². The van der Waals surface area contributed by atoms with E-state index in [1.807, 2.05) is 6.92 Å². The van der Waals surface area contributed by atoms with Crippen LogP contribution in [0, 0.1) is 5.41 Å². The van der Waals surface area contributed by atoms with E-state index in [4.69, 9.17) is 4.74 Å². The number of carbonyl (C=O) groups excluding carboxylic acids is 1. The van der Waals surface area contributed by atoms with Gasteiger partial charge in [0.2, 0.25) is 0 Å². The first-order valence-corrected chi connectivity index (χ1v) is 8.17. The van der Waals surface area contributed by atoms with Crippen molar-refractivity contribution in [3.63, 3.8) is 0 Å². The van der Waals surface area contributed by atoms with Crippen LogP contribution in [-0.4, -0.2) is 59.1 Å². The van der Waals surface area contributed by atoms with Crippen molar-refractivity contribution in [3.05, 3.63) is 0 Å².